The fraction of sp³-hybridized carbons (Fsp3) is 0. The molecule has 0 aliphatic heterocycles. The molecule has 1 N–H and O–H groups in total. The van der Waals surface area contributed by atoms with Crippen LogP contribution in [0.25, 0.3) is 0 Å². The van der Waals surface area contributed by atoms with E-state index >= 15 is 0 Å². The largest absolute Gasteiger partial charge is 0.505 e. The number of allylic oxidation sites excluding steroid dienone is 1. The van der Waals surface area contributed by atoms with Crippen LogP contribution < -0.4 is 0 Å². The number of aliphatic hydroxyl groups excluding tert-OH is 1. The first-order valence-corrected chi connectivity index (χ1v) is 2.28. The molecule has 0 atom stereocenters. The van der Waals surface area contributed by atoms with Crippen molar-refractivity contribution in [3.05, 3.63) is 23.6 Å². The Kier molecular flexibility index (Phi) is 2.96. The first kappa shape index (κ1) is 7.24. The van der Waals surface area contributed by atoms with Gasteiger partial charge in [0.1, 0.15) is 0 Å². The Balaban J connectivity index is 4.25. The third kappa shape index (κ3) is 1.80. The molecular formula is C5H6ClNO. The average molecular weight is 132 g/mol. The van der Waals surface area contributed by atoms with Gasteiger partial charge in [0, 0.05) is 0 Å². The summed E-state index contributed by atoms with van der Waals surface area (Å²) >= 11 is 5.25. The molecule has 0 bridgehead atoms. The smallest absolute Gasteiger partial charge is 0.170 e. The molecule has 0 aliphatic carbocycles. The summed E-state index contributed by atoms with van der Waals surface area (Å²) in [6, 6.07) is 0. The van der Waals surface area contributed by atoms with Gasteiger partial charge in [-0.05, 0) is 12.8 Å². The predicted octanol–water partition coefficient (Wildman–Crippen LogP) is 1.84. The number of rotatable bonds is 2. The molecule has 0 aliphatic rings. The maximum Gasteiger partial charge on any atom is 0.170 e. The Morgan fingerprint density at radius 2 is 2.25 bits per heavy atom. The molecule has 0 rings (SSSR count). The summed E-state index contributed by atoms with van der Waals surface area (Å²) in [5.74, 6) is -0.151. The van der Waals surface area contributed by atoms with Gasteiger partial charge in [-0.1, -0.05) is 18.2 Å². The molecule has 0 spiro atoms. The molecule has 0 fully saturated rings. The second kappa shape index (κ2) is 3.27. The molecule has 0 saturated heterocycles. The van der Waals surface area contributed by atoms with Crippen molar-refractivity contribution in [2.24, 2.45) is 4.99 Å². The fourth-order valence-corrected chi connectivity index (χ4v) is 0.242. The van der Waals surface area contributed by atoms with Gasteiger partial charge in [0.05, 0.1) is 0 Å². The lowest BCUT2D eigenvalue weighted by atomic mass is 10.5. The normalized spacial score (nSPS) is 12.1. The van der Waals surface area contributed by atoms with E-state index in [9.17, 15) is 0 Å². The minimum absolute atomic E-state index is 0.0278. The van der Waals surface area contributed by atoms with E-state index in [2.05, 4.69) is 18.3 Å². The van der Waals surface area contributed by atoms with Crippen LogP contribution >= 0.6 is 11.6 Å². The summed E-state index contributed by atoms with van der Waals surface area (Å²) in [6.07, 6.45) is 1.19. The first-order valence-electron chi connectivity index (χ1n) is 1.90. The second-order valence-corrected chi connectivity index (χ2v) is 1.40. The third-order valence-electron chi connectivity index (χ3n) is 0.544. The van der Waals surface area contributed by atoms with Gasteiger partial charge in [0.15, 0.2) is 10.9 Å². The van der Waals surface area contributed by atoms with Crippen LogP contribution in [0.3, 0.4) is 0 Å². The van der Waals surface area contributed by atoms with E-state index in [1.54, 1.807) is 0 Å². The van der Waals surface area contributed by atoms with Gasteiger partial charge in [0.2, 0.25) is 0 Å². The highest BCUT2D eigenvalue weighted by atomic mass is 35.5. The predicted molar refractivity (Wildman–Crippen MR) is 35.3 cm³/mol. The van der Waals surface area contributed by atoms with Gasteiger partial charge >= 0.3 is 0 Å². The van der Waals surface area contributed by atoms with Crippen LogP contribution in [0.1, 0.15) is 0 Å². The van der Waals surface area contributed by atoms with Crippen LogP contribution in [0.15, 0.2) is 28.6 Å². The average Bonchev–Trinajstić information content (AvgIpc) is 1.84. The van der Waals surface area contributed by atoms with Crippen molar-refractivity contribution in [3.63, 3.8) is 0 Å². The molecule has 0 saturated carbocycles. The molecule has 0 unspecified atom stereocenters. The van der Waals surface area contributed by atoms with E-state index in [0.29, 0.717) is 0 Å². The molecule has 0 amide bonds. The van der Waals surface area contributed by atoms with Crippen LogP contribution in [0.2, 0.25) is 0 Å². The fourth-order valence-electron chi connectivity index (χ4n) is 0.165. The van der Waals surface area contributed by atoms with E-state index in [4.69, 9.17) is 16.7 Å². The van der Waals surface area contributed by atoms with Crippen molar-refractivity contribution >= 4 is 18.3 Å². The number of aliphatic imine (C=N–C) groups is 1. The molecular weight excluding hydrogens is 126 g/mol. The van der Waals surface area contributed by atoms with E-state index in [1.165, 1.54) is 6.08 Å². The van der Waals surface area contributed by atoms with E-state index in [1.807, 2.05) is 0 Å². The molecule has 0 aromatic rings. The Bertz CT molecular complexity index is 123. The van der Waals surface area contributed by atoms with E-state index in [-0.39, 0.29) is 10.9 Å². The van der Waals surface area contributed by atoms with Crippen molar-refractivity contribution in [1.29, 1.82) is 0 Å². The highest BCUT2D eigenvalue weighted by molar-refractivity contribution is 6.29. The third-order valence-corrected chi connectivity index (χ3v) is 0.857. The summed E-state index contributed by atoms with van der Waals surface area (Å²) in [5, 5.41) is 8.59. The van der Waals surface area contributed by atoms with Crippen LogP contribution in [-0.4, -0.2) is 11.8 Å². The second-order valence-electron chi connectivity index (χ2n) is 1.04. The first-order chi connectivity index (χ1) is 3.72. The van der Waals surface area contributed by atoms with Crippen molar-refractivity contribution in [2.75, 3.05) is 0 Å². The number of halogens is 1. The topological polar surface area (TPSA) is 32.6 Å². The van der Waals surface area contributed by atoms with Gasteiger partial charge in [-0.2, -0.15) is 0 Å². The highest BCUT2D eigenvalue weighted by Gasteiger charge is 1.90. The summed E-state index contributed by atoms with van der Waals surface area (Å²) in [4.78, 5) is 3.23. The Hall–Kier alpha value is -0.760. The minimum atomic E-state index is -0.151. The molecule has 0 radical (unpaired) electrons. The molecule has 0 heterocycles. The zero-order valence-electron chi connectivity index (χ0n) is 4.26. The summed E-state index contributed by atoms with van der Waals surface area (Å²) in [5.41, 5.74) is 0. The van der Waals surface area contributed by atoms with Gasteiger partial charge < -0.3 is 5.11 Å². The van der Waals surface area contributed by atoms with E-state index in [0.717, 1.165) is 0 Å². The van der Waals surface area contributed by atoms with Crippen LogP contribution in [0, 0.1) is 0 Å². The van der Waals surface area contributed by atoms with Gasteiger partial charge in [-0.15, -0.1) is 0 Å². The maximum absolute atomic E-state index is 8.62. The van der Waals surface area contributed by atoms with Crippen molar-refractivity contribution in [2.45, 2.75) is 0 Å². The van der Waals surface area contributed by atoms with Crippen molar-refractivity contribution < 1.29 is 5.11 Å². The monoisotopic (exact) mass is 131 g/mol. The van der Waals surface area contributed by atoms with Crippen molar-refractivity contribution in [3.8, 4) is 0 Å². The molecule has 2 nitrogen and oxygen atoms in total. The number of aliphatic hydroxyl groups is 1. The van der Waals surface area contributed by atoms with Crippen LogP contribution in [-0.2, 0) is 0 Å². The molecule has 8 heavy (non-hydrogen) atoms. The molecule has 0 aromatic heterocycles. The molecule has 0 aromatic carbocycles. The lowest BCUT2D eigenvalue weighted by Gasteiger charge is -1.87. The van der Waals surface area contributed by atoms with Crippen molar-refractivity contribution in [1.82, 2.24) is 0 Å². The quantitative estimate of drug-likeness (QED) is 0.264. The van der Waals surface area contributed by atoms with Gasteiger partial charge in [-0.25, -0.2) is 4.99 Å². The SMILES string of the molecule is C=C/C(O)=C(/Cl)N=C. The Morgan fingerprint density at radius 3 is 2.38 bits per heavy atom. The summed E-state index contributed by atoms with van der Waals surface area (Å²) < 4.78 is 0. The standard InChI is InChI=1S/C5H6ClNO/c1-3-4(8)5(6)7-2/h3,8H,1-2H2/b5-4+. The van der Waals surface area contributed by atoms with Crippen LogP contribution in [0.5, 0.6) is 0 Å². The van der Waals surface area contributed by atoms with Gasteiger partial charge in [-0.3, -0.25) is 0 Å². The lowest BCUT2D eigenvalue weighted by Crippen LogP contribution is -1.74. The van der Waals surface area contributed by atoms with Crippen LogP contribution in [0.4, 0.5) is 0 Å². The Morgan fingerprint density at radius 1 is 1.75 bits per heavy atom. The summed E-state index contributed by atoms with van der Waals surface area (Å²) in [6.45, 7) is 6.33. The highest BCUT2D eigenvalue weighted by Crippen LogP contribution is 2.06. The minimum Gasteiger partial charge on any atom is -0.505 e. The summed E-state index contributed by atoms with van der Waals surface area (Å²) in [7, 11) is 0. The van der Waals surface area contributed by atoms with Gasteiger partial charge in [0.25, 0.3) is 0 Å². The Labute approximate surface area is 52.8 Å². The number of hydrogen-bond acceptors (Lipinski definition) is 2. The number of hydrogen-bond donors (Lipinski definition) is 1. The zero-order chi connectivity index (χ0) is 6.57. The number of nitrogens with zero attached hydrogens (tertiary/aromatic N) is 1. The van der Waals surface area contributed by atoms with E-state index < -0.39 is 0 Å². The lowest BCUT2D eigenvalue weighted by molar-refractivity contribution is 0.429. The molecule has 3 heteroatoms. The maximum atomic E-state index is 8.62. The zero-order valence-corrected chi connectivity index (χ0v) is 5.02. The molecule has 44 valence electrons.